The summed E-state index contributed by atoms with van der Waals surface area (Å²) >= 11 is 6.26. The van der Waals surface area contributed by atoms with Gasteiger partial charge in [-0.25, -0.2) is 4.79 Å². The van der Waals surface area contributed by atoms with Gasteiger partial charge in [0, 0.05) is 46.7 Å². The van der Waals surface area contributed by atoms with E-state index in [0.29, 0.717) is 11.6 Å². The Labute approximate surface area is 173 Å². The first kappa shape index (κ1) is 21.4. The van der Waals surface area contributed by atoms with Crippen LogP contribution in [0.3, 0.4) is 0 Å². The molecule has 0 saturated carbocycles. The Morgan fingerprint density at radius 1 is 1.13 bits per heavy atom. The van der Waals surface area contributed by atoms with Crippen molar-refractivity contribution in [2.75, 3.05) is 6.54 Å². The fourth-order valence-electron chi connectivity index (χ4n) is 2.86. The third-order valence-electron chi connectivity index (χ3n) is 4.27. The molecule has 3 aromatic rings. The summed E-state index contributed by atoms with van der Waals surface area (Å²) in [6.45, 7) is 0.674. The van der Waals surface area contributed by atoms with E-state index in [1.807, 2.05) is 42.5 Å². The molecule has 1 amide bonds. The van der Waals surface area contributed by atoms with E-state index in [0.717, 1.165) is 40.2 Å². The summed E-state index contributed by atoms with van der Waals surface area (Å²) < 4.78 is 31.7. The molecule has 30 heavy (non-hydrogen) atoms. The van der Waals surface area contributed by atoms with Crippen molar-refractivity contribution in [1.29, 1.82) is 0 Å². The predicted octanol–water partition coefficient (Wildman–Crippen LogP) is 4.32. The smallest absolute Gasteiger partial charge is 0.475 e. The number of amides is 1. The second-order valence-corrected chi connectivity index (χ2v) is 6.70. The lowest BCUT2D eigenvalue weighted by Crippen LogP contribution is -2.31. The summed E-state index contributed by atoms with van der Waals surface area (Å²) in [5.41, 5.74) is 5.32. The molecular weight excluding hydrogens is 423 g/mol. The van der Waals surface area contributed by atoms with Gasteiger partial charge in [-0.1, -0.05) is 29.8 Å². The van der Waals surface area contributed by atoms with Crippen LogP contribution in [-0.2, 0) is 11.2 Å². The maximum Gasteiger partial charge on any atom is 0.490 e. The molecule has 0 radical (unpaired) electrons. The van der Waals surface area contributed by atoms with Gasteiger partial charge in [0.15, 0.2) is 0 Å². The van der Waals surface area contributed by atoms with Gasteiger partial charge in [0.1, 0.15) is 0 Å². The highest BCUT2D eigenvalue weighted by molar-refractivity contribution is 6.33. The lowest BCUT2D eigenvalue weighted by molar-refractivity contribution is -0.192. The summed E-state index contributed by atoms with van der Waals surface area (Å²) in [5.74, 6) is -2.78. The molecule has 4 rings (SSSR count). The molecule has 1 aliphatic rings. The predicted molar refractivity (Wildman–Crippen MR) is 104 cm³/mol. The molecule has 3 N–H and O–H groups in total. The van der Waals surface area contributed by atoms with Crippen molar-refractivity contribution in [2.24, 2.45) is 0 Å². The maximum atomic E-state index is 11.9. The number of carboxylic acids is 1. The molecule has 10 heteroatoms. The first-order valence-electron chi connectivity index (χ1n) is 8.68. The number of nitrogens with zero attached hydrogens (tertiary/aromatic N) is 1. The number of nitrogens with one attached hydrogen (secondary N) is 2. The number of rotatable bonds is 2. The number of aliphatic carboxylic acids is 1. The zero-order chi connectivity index (χ0) is 21.9. The van der Waals surface area contributed by atoms with E-state index in [9.17, 15) is 18.0 Å². The third kappa shape index (κ3) is 4.80. The van der Waals surface area contributed by atoms with Crippen LogP contribution in [0.5, 0.6) is 0 Å². The van der Waals surface area contributed by atoms with E-state index >= 15 is 0 Å². The van der Waals surface area contributed by atoms with Crippen molar-refractivity contribution in [3.63, 3.8) is 0 Å². The number of carboxylic acid groups (broad SMARTS) is 1. The van der Waals surface area contributed by atoms with Crippen LogP contribution in [0.25, 0.3) is 22.5 Å². The molecule has 0 saturated heterocycles. The lowest BCUT2D eigenvalue weighted by Gasteiger charge is -2.11. The number of carbonyl (C=O) groups excluding carboxylic acids is 1. The first-order valence-corrected chi connectivity index (χ1v) is 9.06. The van der Waals surface area contributed by atoms with Crippen molar-refractivity contribution in [1.82, 2.24) is 15.3 Å². The van der Waals surface area contributed by atoms with Crippen LogP contribution < -0.4 is 5.32 Å². The highest BCUT2D eigenvalue weighted by atomic mass is 35.5. The van der Waals surface area contributed by atoms with Crippen molar-refractivity contribution < 1.29 is 27.9 Å². The second kappa shape index (κ2) is 8.58. The van der Waals surface area contributed by atoms with Gasteiger partial charge in [-0.2, -0.15) is 13.2 Å². The van der Waals surface area contributed by atoms with E-state index in [1.54, 1.807) is 6.20 Å². The van der Waals surface area contributed by atoms with Crippen LogP contribution in [0.15, 0.2) is 48.7 Å². The van der Waals surface area contributed by atoms with Crippen molar-refractivity contribution in [3.8, 4) is 22.5 Å². The Bertz CT molecular complexity index is 1100. The average molecular weight is 438 g/mol. The minimum atomic E-state index is -5.08. The van der Waals surface area contributed by atoms with Gasteiger partial charge in [-0.15, -0.1) is 0 Å². The monoisotopic (exact) mass is 437 g/mol. The zero-order valence-corrected chi connectivity index (χ0v) is 16.0. The number of alkyl halides is 3. The highest BCUT2D eigenvalue weighted by Gasteiger charge is 2.38. The number of H-pyrrole nitrogens is 1. The van der Waals surface area contributed by atoms with Crippen molar-refractivity contribution in [3.05, 3.63) is 64.9 Å². The number of benzene rings is 1. The molecule has 156 valence electrons. The van der Waals surface area contributed by atoms with Crippen LogP contribution in [0.1, 0.15) is 16.1 Å². The Hall–Kier alpha value is -3.33. The molecule has 0 atom stereocenters. The van der Waals surface area contributed by atoms with Crippen molar-refractivity contribution in [2.45, 2.75) is 12.6 Å². The van der Waals surface area contributed by atoms with Crippen LogP contribution in [-0.4, -0.2) is 39.7 Å². The fourth-order valence-corrected chi connectivity index (χ4v) is 3.10. The average Bonchev–Trinajstić information content (AvgIpc) is 3.14. The summed E-state index contributed by atoms with van der Waals surface area (Å²) in [5, 5.41) is 10.7. The highest BCUT2D eigenvalue weighted by Crippen LogP contribution is 2.30. The number of pyridine rings is 1. The minimum absolute atomic E-state index is 0.0193. The molecule has 1 aliphatic heterocycles. The van der Waals surface area contributed by atoms with Crippen LogP contribution in [0, 0.1) is 0 Å². The molecule has 3 heterocycles. The summed E-state index contributed by atoms with van der Waals surface area (Å²) in [6.07, 6.45) is -2.50. The summed E-state index contributed by atoms with van der Waals surface area (Å²) in [7, 11) is 0. The van der Waals surface area contributed by atoms with E-state index in [2.05, 4.69) is 15.3 Å². The molecule has 1 aromatic carbocycles. The van der Waals surface area contributed by atoms with Crippen LogP contribution in [0.4, 0.5) is 13.2 Å². The maximum absolute atomic E-state index is 11.9. The van der Waals surface area contributed by atoms with Crippen molar-refractivity contribution >= 4 is 23.5 Å². The second-order valence-electron chi connectivity index (χ2n) is 6.29. The lowest BCUT2D eigenvalue weighted by atomic mass is 10.1. The Morgan fingerprint density at radius 2 is 1.83 bits per heavy atom. The largest absolute Gasteiger partial charge is 0.490 e. The molecule has 0 spiro atoms. The normalized spacial score (nSPS) is 13.0. The molecule has 0 bridgehead atoms. The number of fused-ring (bicyclic) bond motifs is 1. The van der Waals surface area contributed by atoms with Crippen LogP contribution in [0.2, 0.25) is 5.02 Å². The standard InChI is InChI=1S/C18H14ClN3O.C2HF3O2/c19-14-4-2-1-3-12(14)17-9-11(5-7-20-17)16-10-13-15(22-16)6-8-21-18(13)23;3-2(4,5)1(6)7/h1-5,7,9-10,22H,6,8H2,(H,21,23);(H,6,7). The van der Waals surface area contributed by atoms with Gasteiger partial charge < -0.3 is 15.4 Å². The van der Waals surface area contributed by atoms with E-state index < -0.39 is 12.1 Å². The van der Waals surface area contributed by atoms with E-state index in [4.69, 9.17) is 21.5 Å². The Kier molecular flexibility index (Phi) is 6.12. The molecule has 2 aromatic heterocycles. The first-order chi connectivity index (χ1) is 14.2. The summed E-state index contributed by atoms with van der Waals surface area (Å²) in [6, 6.07) is 13.4. The molecule has 0 aliphatic carbocycles. The van der Waals surface area contributed by atoms with E-state index in [-0.39, 0.29) is 5.91 Å². The SMILES string of the molecule is O=C(O)C(F)(F)F.O=C1NCCc2[nH]c(-c3ccnc(-c4ccccc4Cl)c3)cc21. The van der Waals surface area contributed by atoms with Gasteiger partial charge in [0.2, 0.25) is 0 Å². The number of hydrogen-bond donors (Lipinski definition) is 3. The third-order valence-corrected chi connectivity index (χ3v) is 4.60. The molecular formula is C20H15ClF3N3O3. The molecule has 0 fully saturated rings. The number of halogens is 4. The van der Waals surface area contributed by atoms with Gasteiger partial charge in [0.25, 0.3) is 5.91 Å². The molecule has 6 nitrogen and oxygen atoms in total. The van der Waals surface area contributed by atoms with Gasteiger partial charge >= 0.3 is 12.1 Å². The minimum Gasteiger partial charge on any atom is -0.475 e. The number of carbonyl (C=O) groups is 2. The van der Waals surface area contributed by atoms with E-state index in [1.165, 1.54) is 0 Å². The quantitative estimate of drug-likeness (QED) is 0.556. The zero-order valence-electron chi connectivity index (χ0n) is 15.3. The molecule has 0 unspecified atom stereocenters. The summed E-state index contributed by atoms with van der Waals surface area (Å²) in [4.78, 5) is 28.6. The number of aromatic nitrogens is 2. The Balaban J connectivity index is 0.000000318. The Morgan fingerprint density at radius 3 is 2.47 bits per heavy atom. The fraction of sp³-hybridized carbons (Fsp3) is 0.150. The van der Waals surface area contributed by atoms with Crippen LogP contribution >= 0.6 is 11.6 Å². The van der Waals surface area contributed by atoms with Gasteiger partial charge in [-0.3, -0.25) is 9.78 Å². The number of aromatic amines is 1. The van der Waals surface area contributed by atoms with Gasteiger partial charge in [0.05, 0.1) is 11.3 Å². The van der Waals surface area contributed by atoms with Gasteiger partial charge in [-0.05, 0) is 24.3 Å². The topological polar surface area (TPSA) is 95.1 Å². The number of hydrogen-bond acceptors (Lipinski definition) is 3.